The van der Waals surface area contributed by atoms with Crippen molar-refractivity contribution in [2.45, 2.75) is 39.7 Å². The van der Waals surface area contributed by atoms with Gasteiger partial charge in [0.25, 0.3) is 0 Å². The highest BCUT2D eigenvalue weighted by molar-refractivity contribution is 5.80. The number of aryl methyl sites for hydroxylation is 1. The van der Waals surface area contributed by atoms with Gasteiger partial charge in [0, 0.05) is 5.39 Å². The summed E-state index contributed by atoms with van der Waals surface area (Å²) < 4.78 is 6.00. The zero-order chi connectivity index (χ0) is 12.3. The third kappa shape index (κ3) is 2.52. The predicted molar refractivity (Wildman–Crippen MR) is 72.3 cm³/mol. The Balaban J connectivity index is 2.36. The number of para-hydroxylation sites is 1. The molecule has 0 radical (unpaired) electrons. The van der Waals surface area contributed by atoms with Crippen LogP contribution in [0.3, 0.4) is 0 Å². The van der Waals surface area contributed by atoms with Gasteiger partial charge in [0.2, 0.25) is 0 Å². The minimum absolute atomic E-state index is 0.344. The average Bonchev–Trinajstić information content (AvgIpc) is 2.74. The molecule has 2 heteroatoms. The summed E-state index contributed by atoms with van der Waals surface area (Å²) in [5, 5.41) is 4.69. The summed E-state index contributed by atoms with van der Waals surface area (Å²) in [6, 6.07) is 8.81. The van der Waals surface area contributed by atoms with Gasteiger partial charge in [-0.1, -0.05) is 38.5 Å². The van der Waals surface area contributed by atoms with Gasteiger partial charge in [0.15, 0.2) is 0 Å². The molecule has 1 atom stereocenters. The first-order chi connectivity index (χ1) is 8.26. The molecule has 0 saturated heterocycles. The lowest BCUT2D eigenvalue weighted by molar-refractivity contribution is 0.414. The van der Waals surface area contributed by atoms with Crippen LogP contribution in [0.1, 0.15) is 44.1 Å². The van der Waals surface area contributed by atoms with E-state index >= 15 is 0 Å². The zero-order valence-corrected chi connectivity index (χ0v) is 10.9. The molecule has 1 N–H and O–H groups in total. The second kappa shape index (κ2) is 5.37. The molecule has 0 amide bonds. The van der Waals surface area contributed by atoms with Crippen LogP contribution in [0.5, 0.6) is 0 Å². The Hall–Kier alpha value is -1.28. The average molecular weight is 231 g/mol. The maximum absolute atomic E-state index is 6.00. The summed E-state index contributed by atoms with van der Waals surface area (Å²) in [6.45, 7) is 7.41. The monoisotopic (exact) mass is 231 g/mol. The first-order valence-corrected chi connectivity index (χ1v) is 6.48. The largest absolute Gasteiger partial charge is 0.459 e. The van der Waals surface area contributed by atoms with Gasteiger partial charge < -0.3 is 9.73 Å². The van der Waals surface area contributed by atoms with Crippen molar-refractivity contribution in [3.05, 3.63) is 35.6 Å². The minimum Gasteiger partial charge on any atom is -0.459 e. The Kier molecular flexibility index (Phi) is 3.85. The van der Waals surface area contributed by atoms with Crippen molar-refractivity contribution in [1.82, 2.24) is 5.32 Å². The van der Waals surface area contributed by atoms with Crippen LogP contribution >= 0.6 is 0 Å². The second-order valence-corrected chi connectivity index (χ2v) is 4.54. The van der Waals surface area contributed by atoms with E-state index in [9.17, 15) is 0 Å². The van der Waals surface area contributed by atoms with Gasteiger partial charge in [-0.25, -0.2) is 0 Å². The summed E-state index contributed by atoms with van der Waals surface area (Å²) in [4.78, 5) is 0. The number of hydrogen-bond donors (Lipinski definition) is 1. The van der Waals surface area contributed by atoms with Crippen LogP contribution in [0, 0.1) is 6.92 Å². The Morgan fingerprint density at radius 1 is 1.29 bits per heavy atom. The number of rotatable bonds is 5. The maximum Gasteiger partial charge on any atom is 0.137 e. The summed E-state index contributed by atoms with van der Waals surface area (Å²) in [5.74, 6) is 1.07. The van der Waals surface area contributed by atoms with E-state index in [-0.39, 0.29) is 0 Å². The molecule has 17 heavy (non-hydrogen) atoms. The lowest BCUT2D eigenvalue weighted by Gasteiger charge is -2.13. The first kappa shape index (κ1) is 12.2. The highest BCUT2D eigenvalue weighted by atomic mass is 16.3. The van der Waals surface area contributed by atoms with Crippen LogP contribution in [0.4, 0.5) is 0 Å². The van der Waals surface area contributed by atoms with Gasteiger partial charge in [-0.15, -0.1) is 0 Å². The Bertz CT molecular complexity index is 481. The van der Waals surface area contributed by atoms with Crippen molar-refractivity contribution in [2.24, 2.45) is 0 Å². The lowest BCUT2D eigenvalue weighted by atomic mass is 10.1. The Labute approximate surface area is 103 Å². The lowest BCUT2D eigenvalue weighted by Crippen LogP contribution is -2.20. The summed E-state index contributed by atoms with van der Waals surface area (Å²) in [7, 11) is 0. The van der Waals surface area contributed by atoms with Crippen LogP contribution in [0.2, 0.25) is 0 Å². The SMILES string of the molecule is CCCC(NCC)c1cc2cccc(C)c2o1. The molecule has 0 fully saturated rings. The van der Waals surface area contributed by atoms with Crippen LogP contribution in [0.25, 0.3) is 11.0 Å². The van der Waals surface area contributed by atoms with Gasteiger partial charge in [0.1, 0.15) is 11.3 Å². The predicted octanol–water partition coefficient (Wildman–Crippen LogP) is 4.19. The van der Waals surface area contributed by atoms with Crippen molar-refractivity contribution >= 4 is 11.0 Å². The zero-order valence-electron chi connectivity index (χ0n) is 10.9. The van der Waals surface area contributed by atoms with Crippen molar-refractivity contribution in [1.29, 1.82) is 0 Å². The van der Waals surface area contributed by atoms with Gasteiger partial charge in [-0.2, -0.15) is 0 Å². The number of fused-ring (bicyclic) bond motifs is 1. The fourth-order valence-electron chi connectivity index (χ4n) is 2.28. The van der Waals surface area contributed by atoms with Crippen LogP contribution < -0.4 is 5.32 Å². The number of furan rings is 1. The molecule has 2 rings (SSSR count). The fourth-order valence-corrected chi connectivity index (χ4v) is 2.28. The number of benzene rings is 1. The molecule has 1 aromatic carbocycles. The van der Waals surface area contributed by atoms with Gasteiger partial charge in [0.05, 0.1) is 6.04 Å². The first-order valence-electron chi connectivity index (χ1n) is 6.48. The molecule has 0 saturated carbocycles. The third-order valence-corrected chi connectivity index (χ3v) is 3.13. The quantitative estimate of drug-likeness (QED) is 0.834. The Morgan fingerprint density at radius 3 is 2.76 bits per heavy atom. The highest BCUT2D eigenvalue weighted by Crippen LogP contribution is 2.28. The van der Waals surface area contributed by atoms with E-state index in [1.54, 1.807) is 0 Å². The second-order valence-electron chi connectivity index (χ2n) is 4.54. The maximum atomic E-state index is 6.00. The van der Waals surface area contributed by atoms with Crippen molar-refractivity contribution in [3.8, 4) is 0 Å². The smallest absolute Gasteiger partial charge is 0.137 e. The van der Waals surface area contributed by atoms with E-state index in [1.807, 2.05) is 0 Å². The molecule has 1 aromatic heterocycles. The van der Waals surface area contributed by atoms with Gasteiger partial charge in [-0.05, 0) is 31.5 Å². The molecule has 2 nitrogen and oxygen atoms in total. The number of hydrogen-bond acceptors (Lipinski definition) is 2. The molecule has 2 aromatic rings. The topological polar surface area (TPSA) is 25.2 Å². The molecular formula is C15H21NO. The van der Waals surface area contributed by atoms with E-state index in [0.29, 0.717) is 6.04 Å². The minimum atomic E-state index is 0.344. The van der Waals surface area contributed by atoms with E-state index < -0.39 is 0 Å². The molecule has 0 spiro atoms. The van der Waals surface area contributed by atoms with Crippen LogP contribution in [-0.2, 0) is 0 Å². The molecular weight excluding hydrogens is 210 g/mol. The van der Waals surface area contributed by atoms with Gasteiger partial charge in [-0.3, -0.25) is 0 Å². The fraction of sp³-hybridized carbons (Fsp3) is 0.467. The van der Waals surface area contributed by atoms with E-state index in [2.05, 4.69) is 50.4 Å². The van der Waals surface area contributed by atoms with Crippen molar-refractivity contribution < 1.29 is 4.42 Å². The van der Waals surface area contributed by atoms with Crippen molar-refractivity contribution in [2.75, 3.05) is 6.54 Å². The normalized spacial score (nSPS) is 13.1. The van der Waals surface area contributed by atoms with Gasteiger partial charge >= 0.3 is 0 Å². The molecule has 0 aliphatic heterocycles. The molecule has 1 unspecified atom stereocenters. The van der Waals surface area contributed by atoms with E-state index in [4.69, 9.17) is 4.42 Å². The molecule has 0 aliphatic carbocycles. The molecule has 92 valence electrons. The highest BCUT2D eigenvalue weighted by Gasteiger charge is 2.14. The molecule has 0 aliphatic rings. The summed E-state index contributed by atoms with van der Waals surface area (Å²) >= 11 is 0. The number of nitrogens with one attached hydrogen (secondary N) is 1. The molecule has 0 bridgehead atoms. The standard InChI is InChI=1S/C15H21NO/c1-4-7-13(16-5-2)14-10-12-9-6-8-11(3)15(12)17-14/h6,8-10,13,16H,4-5,7H2,1-3H3. The van der Waals surface area contributed by atoms with Crippen LogP contribution in [-0.4, -0.2) is 6.54 Å². The van der Waals surface area contributed by atoms with Crippen LogP contribution in [0.15, 0.2) is 28.7 Å². The third-order valence-electron chi connectivity index (χ3n) is 3.13. The summed E-state index contributed by atoms with van der Waals surface area (Å²) in [5.41, 5.74) is 2.24. The van der Waals surface area contributed by atoms with Crippen molar-refractivity contribution in [3.63, 3.8) is 0 Å². The van der Waals surface area contributed by atoms with E-state index in [0.717, 1.165) is 30.7 Å². The summed E-state index contributed by atoms with van der Waals surface area (Å²) in [6.07, 6.45) is 2.28. The van der Waals surface area contributed by atoms with E-state index in [1.165, 1.54) is 10.9 Å². The Morgan fingerprint density at radius 2 is 2.12 bits per heavy atom. The molecule has 1 heterocycles.